The molecule has 2 atom stereocenters. The van der Waals surface area contributed by atoms with Crippen molar-refractivity contribution in [3.05, 3.63) is 48.3 Å². The summed E-state index contributed by atoms with van der Waals surface area (Å²) in [6, 6.07) is 6.87. The number of rotatable bonds is 5. The van der Waals surface area contributed by atoms with Crippen molar-refractivity contribution in [3.8, 4) is 0 Å². The van der Waals surface area contributed by atoms with Crippen LogP contribution in [0.5, 0.6) is 0 Å². The number of furan rings is 2. The molecule has 0 amide bonds. The molecule has 4 heteroatoms. The Morgan fingerprint density at radius 2 is 1.31 bits per heavy atom. The molecule has 0 aromatic carbocycles. The highest BCUT2D eigenvalue weighted by atomic mass is 16.4. The topological polar surface area (TPSA) is 66.7 Å². The Kier molecular flexibility index (Phi) is 3.44. The average molecular weight is 222 g/mol. The predicted octanol–water partition coefficient (Wildman–Crippen LogP) is 2.42. The molecule has 2 N–H and O–H groups in total. The smallest absolute Gasteiger partial charge is 0.132 e. The van der Waals surface area contributed by atoms with Gasteiger partial charge in [-0.2, -0.15) is 0 Å². The first-order valence-electron chi connectivity index (χ1n) is 5.20. The molecule has 86 valence electrons. The van der Waals surface area contributed by atoms with Crippen molar-refractivity contribution in [1.82, 2.24) is 0 Å². The molecular weight excluding hydrogens is 208 g/mol. The minimum absolute atomic E-state index is 0.426. The van der Waals surface area contributed by atoms with Gasteiger partial charge in [-0.25, -0.2) is 0 Å². The van der Waals surface area contributed by atoms with Gasteiger partial charge in [-0.3, -0.25) is 0 Å². The fourth-order valence-electron chi connectivity index (χ4n) is 1.56. The zero-order valence-corrected chi connectivity index (χ0v) is 8.74. The van der Waals surface area contributed by atoms with E-state index in [1.165, 1.54) is 12.5 Å². The normalized spacial score (nSPS) is 14.9. The second kappa shape index (κ2) is 5.01. The molecule has 2 rings (SSSR count). The van der Waals surface area contributed by atoms with Crippen molar-refractivity contribution in [2.45, 2.75) is 25.0 Å². The zero-order valence-electron chi connectivity index (χ0n) is 8.74. The van der Waals surface area contributed by atoms with Crippen molar-refractivity contribution in [2.24, 2.45) is 0 Å². The predicted molar refractivity (Wildman–Crippen MR) is 56.6 cm³/mol. The molecule has 0 fully saturated rings. The van der Waals surface area contributed by atoms with Crippen molar-refractivity contribution in [2.75, 3.05) is 0 Å². The molecule has 0 aliphatic rings. The monoisotopic (exact) mass is 222 g/mol. The first-order chi connectivity index (χ1) is 7.77. The fourth-order valence-corrected chi connectivity index (χ4v) is 1.56. The van der Waals surface area contributed by atoms with Crippen LogP contribution in [0.2, 0.25) is 0 Å². The zero-order chi connectivity index (χ0) is 11.4. The number of aliphatic hydroxyl groups excluding tert-OH is 2. The van der Waals surface area contributed by atoms with Gasteiger partial charge in [0.2, 0.25) is 0 Å². The number of hydrogen-bond acceptors (Lipinski definition) is 4. The van der Waals surface area contributed by atoms with Crippen LogP contribution in [0.15, 0.2) is 45.6 Å². The summed E-state index contributed by atoms with van der Waals surface area (Å²) in [6.07, 6.45) is 2.52. The molecule has 2 aromatic rings. The summed E-state index contributed by atoms with van der Waals surface area (Å²) in [7, 11) is 0. The molecule has 0 aliphatic heterocycles. The summed E-state index contributed by atoms with van der Waals surface area (Å²) in [5.74, 6) is 1.04. The van der Waals surface area contributed by atoms with E-state index in [0.717, 1.165) is 0 Å². The highest BCUT2D eigenvalue weighted by Crippen LogP contribution is 2.25. The summed E-state index contributed by atoms with van der Waals surface area (Å²) in [5.41, 5.74) is 0. The van der Waals surface area contributed by atoms with E-state index >= 15 is 0 Å². The molecule has 0 spiro atoms. The van der Waals surface area contributed by atoms with Crippen LogP contribution in [0, 0.1) is 0 Å². The lowest BCUT2D eigenvalue weighted by Crippen LogP contribution is -2.01. The summed E-state index contributed by atoms with van der Waals surface area (Å²) in [4.78, 5) is 0. The van der Waals surface area contributed by atoms with Gasteiger partial charge < -0.3 is 19.0 Å². The number of aliphatic hydroxyl groups is 2. The van der Waals surface area contributed by atoms with Gasteiger partial charge in [-0.1, -0.05) is 0 Å². The lowest BCUT2D eigenvalue weighted by molar-refractivity contribution is 0.0903. The Morgan fingerprint density at radius 3 is 1.62 bits per heavy atom. The summed E-state index contributed by atoms with van der Waals surface area (Å²) >= 11 is 0. The quantitative estimate of drug-likeness (QED) is 0.815. The van der Waals surface area contributed by atoms with Gasteiger partial charge in [0.15, 0.2) is 0 Å². The van der Waals surface area contributed by atoms with E-state index in [0.29, 0.717) is 24.4 Å². The van der Waals surface area contributed by atoms with Gasteiger partial charge in [0, 0.05) is 0 Å². The van der Waals surface area contributed by atoms with Gasteiger partial charge in [-0.05, 0) is 37.1 Å². The molecule has 2 aromatic heterocycles. The maximum absolute atomic E-state index is 9.72. The van der Waals surface area contributed by atoms with Gasteiger partial charge in [0.05, 0.1) is 12.5 Å². The molecule has 0 saturated carbocycles. The van der Waals surface area contributed by atoms with E-state index in [1.54, 1.807) is 24.3 Å². The Hall–Kier alpha value is -1.52. The van der Waals surface area contributed by atoms with Crippen molar-refractivity contribution < 1.29 is 19.0 Å². The molecule has 0 radical (unpaired) electrons. The summed E-state index contributed by atoms with van der Waals surface area (Å²) in [5, 5.41) is 19.4. The van der Waals surface area contributed by atoms with Crippen LogP contribution in [0.4, 0.5) is 0 Å². The van der Waals surface area contributed by atoms with Crippen LogP contribution in [-0.4, -0.2) is 10.2 Å². The highest BCUT2D eigenvalue weighted by Gasteiger charge is 2.15. The second-order valence-electron chi connectivity index (χ2n) is 3.64. The summed E-state index contributed by atoms with van der Waals surface area (Å²) < 4.78 is 10.1. The van der Waals surface area contributed by atoms with E-state index in [9.17, 15) is 10.2 Å². The molecule has 0 aliphatic carbocycles. The molecule has 16 heavy (non-hydrogen) atoms. The van der Waals surface area contributed by atoms with E-state index in [1.807, 2.05) is 0 Å². The molecule has 0 unspecified atom stereocenters. The van der Waals surface area contributed by atoms with E-state index in [2.05, 4.69) is 0 Å². The van der Waals surface area contributed by atoms with Crippen LogP contribution in [0.25, 0.3) is 0 Å². The Balaban J connectivity index is 1.84. The molecule has 4 nitrogen and oxygen atoms in total. The maximum atomic E-state index is 9.72. The molecular formula is C12H14O4. The Bertz CT molecular complexity index is 350. The minimum Gasteiger partial charge on any atom is -0.467 e. The molecule has 0 saturated heterocycles. The van der Waals surface area contributed by atoms with Crippen LogP contribution in [-0.2, 0) is 0 Å². The van der Waals surface area contributed by atoms with E-state index < -0.39 is 12.2 Å². The lowest BCUT2D eigenvalue weighted by Gasteiger charge is -2.10. The average Bonchev–Trinajstić information content (AvgIpc) is 2.95. The van der Waals surface area contributed by atoms with Crippen LogP contribution < -0.4 is 0 Å². The molecule has 2 heterocycles. The standard InChI is InChI=1S/C12H14O4/c13-9(11-3-1-7-15-11)5-6-10(14)12-4-2-8-16-12/h1-4,7-10,13-14H,5-6H2/t9-,10-/m1/s1. The first kappa shape index (κ1) is 11.0. The van der Waals surface area contributed by atoms with Crippen molar-refractivity contribution >= 4 is 0 Å². The van der Waals surface area contributed by atoms with Crippen molar-refractivity contribution in [1.29, 1.82) is 0 Å². The van der Waals surface area contributed by atoms with Crippen LogP contribution in [0.3, 0.4) is 0 Å². The second-order valence-corrected chi connectivity index (χ2v) is 3.64. The lowest BCUT2D eigenvalue weighted by atomic mass is 10.1. The first-order valence-corrected chi connectivity index (χ1v) is 5.20. The maximum Gasteiger partial charge on any atom is 0.132 e. The van der Waals surface area contributed by atoms with Crippen molar-refractivity contribution in [3.63, 3.8) is 0 Å². The molecule has 0 bridgehead atoms. The third-order valence-electron chi connectivity index (χ3n) is 2.46. The van der Waals surface area contributed by atoms with Crippen LogP contribution >= 0.6 is 0 Å². The third kappa shape index (κ3) is 2.53. The Labute approximate surface area is 93.1 Å². The van der Waals surface area contributed by atoms with Gasteiger partial charge in [-0.15, -0.1) is 0 Å². The fraction of sp³-hybridized carbons (Fsp3) is 0.333. The largest absolute Gasteiger partial charge is 0.467 e. The Morgan fingerprint density at radius 1 is 0.875 bits per heavy atom. The van der Waals surface area contributed by atoms with Gasteiger partial charge >= 0.3 is 0 Å². The van der Waals surface area contributed by atoms with Gasteiger partial charge in [0.25, 0.3) is 0 Å². The third-order valence-corrected chi connectivity index (χ3v) is 2.46. The number of hydrogen-bond donors (Lipinski definition) is 2. The van der Waals surface area contributed by atoms with E-state index in [4.69, 9.17) is 8.83 Å². The van der Waals surface area contributed by atoms with Gasteiger partial charge in [0.1, 0.15) is 23.7 Å². The van der Waals surface area contributed by atoms with Crippen LogP contribution in [0.1, 0.15) is 36.6 Å². The summed E-state index contributed by atoms with van der Waals surface area (Å²) in [6.45, 7) is 0. The minimum atomic E-state index is -0.681. The highest BCUT2D eigenvalue weighted by molar-refractivity contribution is 5.04. The van der Waals surface area contributed by atoms with E-state index in [-0.39, 0.29) is 0 Å². The SMILES string of the molecule is O[C@H](CC[C@@H](O)c1ccco1)c1ccco1.